The van der Waals surface area contributed by atoms with Crippen LogP contribution in [0.1, 0.15) is 6.92 Å². The minimum atomic E-state index is -0.931. The maximum atomic E-state index is 12.8. The highest BCUT2D eigenvalue weighted by molar-refractivity contribution is 8.00. The second-order valence-electron chi connectivity index (χ2n) is 3.52. The van der Waals surface area contributed by atoms with Gasteiger partial charge in [0.2, 0.25) is 5.91 Å². The van der Waals surface area contributed by atoms with Gasteiger partial charge in [-0.3, -0.25) is 4.79 Å². The predicted molar refractivity (Wildman–Crippen MR) is 61.8 cm³/mol. The first-order valence-electron chi connectivity index (χ1n) is 5.01. The maximum Gasteiger partial charge on any atom is 0.230 e. The van der Waals surface area contributed by atoms with Crippen LogP contribution in [0.25, 0.3) is 0 Å². The number of hydrogen-bond acceptors (Lipinski definition) is 3. The molecule has 0 saturated heterocycles. The van der Waals surface area contributed by atoms with Crippen molar-refractivity contribution in [3.8, 4) is 0 Å². The number of halogens is 2. The first-order chi connectivity index (χ1) is 7.99. The number of rotatable bonds is 5. The highest BCUT2D eigenvalue weighted by atomic mass is 32.2. The van der Waals surface area contributed by atoms with Crippen LogP contribution in [0.4, 0.5) is 8.78 Å². The van der Waals surface area contributed by atoms with Crippen LogP contribution in [0.3, 0.4) is 0 Å². The van der Waals surface area contributed by atoms with Gasteiger partial charge in [-0.25, -0.2) is 8.78 Å². The van der Waals surface area contributed by atoms with Crippen molar-refractivity contribution in [1.82, 2.24) is 5.32 Å². The molecule has 0 unspecified atom stereocenters. The Balaban J connectivity index is 2.39. The number of aliphatic hydroxyl groups excluding tert-OH is 1. The van der Waals surface area contributed by atoms with Gasteiger partial charge in [0, 0.05) is 11.4 Å². The van der Waals surface area contributed by atoms with Crippen molar-refractivity contribution >= 4 is 17.7 Å². The average Bonchev–Trinajstić information content (AvgIpc) is 2.28. The van der Waals surface area contributed by atoms with Crippen LogP contribution >= 0.6 is 11.8 Å². The Bertz CT molecular complexity index is 399. The summed E-state index contributed by atoms with van der Waals surface area (Å²) in [5.74, 6) is -2.01. The van der Waals surface area contributed by atoms with E-state index in [2.05, 4.69) is 5.32 Å². The summed E-state index contributed by atoms with van der Waals surface area (Å²) in [7, 11) is 0. The molecular formula is C11H13F2NO2S. The van der Waals surface area contributed by atoms with E-state index in [0.717, 1.165) is 23.9 Å². The van der Waals surface area contributed by atoms with Crippen LogP contribution in [-0.2, 0) is 4.79 Å². The van der Waals surface area contributed by atoms with Gasteiger partial charge < -0.3 is 10.4 Å². The minimum Gasteiger partial charge on any atom is -0.392 e. The number of thioether (sulfide) groups is 1. The second-order valence-corrected chi connectivity index (χ2v) is 4.57. The number of carbonyl (C=O) groups excluding carboxylic acids is 1. The molecule has 0 aromatic heterocycles. The molecule has 0 bridgehead atoms. The third-order valence-electron chi connectivity index (χ3n) is 1.86. The first-order valence-corrected chi connectivity index (χ1v) is 6.00. The number of aliphatic hydroxyl groups is 1. The van der Waals surface area contributed by atoms with Gasteiger partial charge in [-0.2, -0.15) is 0 Å². The lowest BCUT2D eigenvalue weighted by Gasteiger charge is -2.06. The van der Waals surface area contributed by atoms with Crippen molar-refractivity contribution in [2.45, 2.75) is 17.9 Å². The normalized spacial score (nSPS) is 12.2. The van der Waals surface area contributed by atoms with E-state index >= 15 is 0 Å². The number of benzene rings is 1. The summed E-state index contributed by atoms with van der Waals surface area (Å²) in [5.41, 5.74) is 0. The van der Waals surface area contributed by atoms with Crippen molar-refractivity contribution in [2.75, 3.05) is 12.3 Å². The molecule has 0 spiro atoms. The van der Waals surface area contributed by atoms with E-state index in [1.807, 2.05) is 0 Å². The van der Waals surface area contributed by atoms with E-state index in [1.165, 1.54) is 6.07 Å². The number of hydrogen-bond donors (Lipinski definition) is 2. The molecule has 1 aromatic carbocycles. The molecule has 0 aliphatic carbocycles. The monoisotopic (exact) mass is 261 g/mol. The largest absolute Gasteiger partial charge is 0.392 e. The zero-order valence-electron chi connectivity index (χ0n) is 9.24. The van der Waals surface area contributed by atoms with Crippen LogP contribution in [-0.4, -0.2) is 29.4 Å². The number of amides is 1. The lowest BCUT2D eigenvalue weighted by Crippen LogP contribution is -2.31. The molecule has 2 N–H and O–H groups in total. The minimum absolute atomic E-state index is 0.0950. The smallest absolute Gasteiger partial charge is 0.230 e. The Morgan fingerprint density at radius 1 is 1.47 bits per heavy atom. The predicted octanol–water partition coefficient (Wildman–Crippen LogP) is 1.55. The van der Waals surface area contributed by atoms with Gasteiger partial charge in [-0.05, 0) is 25.1 Å². The molecule has 0 fully saturated rings. The number of carbonyl (C=O) groups is 1. The van der Waals surface area contributed by atoms with Crippen molar-refractivity contribution < 1.29 is 18.7 Å². The van der Waals surface area contributed by atoms with Crippen molar-refractivity contribution in [1.29, 1.82) is 0 Å². The molecule has 6 heteroatoms. The van der Waals surface area contributed by atoms with E-state index < -0.39 is 17.7 Å². The second kappa shape index (κ2) is 6.56. The zero-order chi connectivity index (χ0) is 12.8. The molecule has 0 aliphatic heterocycles. The Morgan fingerprint density at radius 3 is 2.76 bits per heavy atom. The fraction of sp³-hybridized carbons (Fsp3) is 0.364. The molecule has 0 radical (unpaired) electrons. The lowest BCUT2D eigenvalue weighted by molar-refractivity contribution is -0.118. The lowest BCUT2D eigenvalue weighted by atomic mass is 10.3. The van der Waals surface area contributed by atoms with E-state index in [0.29, 0.717) is 4.90 Å². The van der Waals surface area contributed by atoms with Crippen LogP contribution in [0, 0.1) is 11.6 Å². The summed E-state index contributed by atoms with van der Waals surface area (Å²) in [6.45, 7) is 1.74. The van der Waals surface area contributed by atoms with Gasteiger partial charge >= 0.3 is 0 Å². The Hall–Kier alpha value is -1.14. The van der Waals surface area contributed by atoms with Gasteiger partial charge in [0.1, 0.15) is 0 Å². The van der Waals surface area contributed by atoms with E-state index in [9.17, 15) is 13.6 Å². The van der Waals surface area contributed by atoms with Gasteiger partial charge in [0.15, 0.2) is 11.6 Å². The number of nitrogens with one attached hydrogen (secondary N) is 1. The van der Waals surface area contributed by atoms with E-state index in [4.69, 9.17) is 5.11 Å². The fourth-order valence-corrected chi connectivity index (χ4v) is 1.78. The summed E-state index contributed by atoms with van der Waals surface area (Å²) in [6.07, 6.45) is -0.604. The SMILES string of the molecule is C[C@@H](O)CNC(=O)CSc1ccc(F)c(F)c1. The molecular weight excluding hydrogens is 248 g/mol. The molecule has 17 heavy (non-hydrogen) atoms. The Kier molecular flexibility index (Phi) is 5.37. The molecule has 94 valence electrons. The molecule has 0 aliphatic rings. The topological polar surface area (TPSA) is 49.3 Å². The van der Waals surface area contributed by atoms with Crippen LogP contribution < -0.4 is 5.32 Å². The van der Waals surface area contributed by atoms with Gasteiger partial charge in [0.05, 0.1) is 11.9 Å². The van der Waals surface area contributed by atoms with Gasteiger partial charge in [-0.15, -0.1) is 11.8 Å². The standard InChI is InChI=1S/C11H13F2NO2S/c1-7(15)5-14-11(16)6-17-8-2-3-9(12)10(13)4-8/h2-4,7,15H,5-6H2,1H3,(H,14,16)/t7-/m1/s1. The molecule has 3 nitrogen and oxygen atoms in total. The van der Waals surface area contributed by atoms with Crippen LogP contribution in [0.15, 0.2) is 23.1 Å². The van der Waals surface area contributed by atoms with Gasteiger partial charge in [0.25, 0.3) is 0 Å². The van der Waals surface area contributed by atoms with Gasteiger partial charge in [-0.1, -0.05) is 0 Å². The van der Waals surface area contributed by atoms with Crippen molar-refractivity contribution in [3.63, 3.8) is 0 Å². The molecule has 0 saturated carbocycles. The highest BCUT2D eigenvalue weighted by Crippen LogP contribution is 2.19. The zero-order valence-corrected chi connectivity index (χ0v) is 10.1. The van der Waals surface area contributed by atoms with Crippen molar-refractivity contribution in [3.05, 3.63) is 29.8 Å². The summed E-state index contributed by atoms with van der Waals surface area (Å²) < 4.78 is 25.5. The summed E-state index contributed by atoms with van der Waals surface area (Å²) >= 11 is 1.10. The Morgan fingerprint density at radius 2 is 2.18 bits per heavy atom. The summed E-state index contributed by atoms with van der Waals surface area (Å²) in [6, 6.07) is 3.47. The molecule has 0 heterocycles. The summed E-state index contributed by atoms with van der Waals surface area (Å²) in [4.78, 5) is 11.7. The fourth-order valence-electron chi connectivity index (χ4n) is 1.03. The van der Waals surface area contributed by atoms with Crippen LogP contribution in [0.5, 0.6) is 0 Å². The quantitative estimate of drug-likeness (QED) is 0.791. The third-order valence-corrected chi connectivity index (χ3v) is 2.85. The maximum absolute atomic E-state index is 12.8. The molecule has 1 atom stereocenters. The van der Waals surface area contributed by atoms with E-state index in [-0.39, 0.29) is 18.2 Å². The van der Waals surface area contributed by atoms with Crippen LogP contribution in [0.2, 0.25) is 0 Å². The average molecular weight is 261 g/mol. The third kappa shape index (κ3) is 5.14. The Labute approximate surface area is 102 Å². The summed E-state index contributed by atoms with van der Waals surface area (Å²) in [5, 5.41) is 11.4. The molecule has 1 aromatic rings. The first kappa shape index (κ1) is 13.9. The van der Waals surface area contributed by atoms with Crippen molar-refractivity contribution in [2.24, 2.45) is 0 Å². The van der Waals surface area contributed by atoms with E-state index in [1.54, 1.807) is 6.92 Å². The highest BCUT2D eigenvalue weighted by Gasteiger charge is 2.06. The molecule has 1 amide bonds. The molecule has 1 rings (SSSR count).